The molecule has 1 amide bonds. The average molecular weight is 2470 g/mol. The second-order valence-electron chi connectivity index (χ2n) is 32.3. The number of amides is 1. The summed E-state index contributed by atoms with van der Waals surface area (Å²) in [4.78, 5) is 114. The number of hydrogen-bond acceptors (Lipinski definition) is 24. The van der Waals surface area contributed by atoms with Gasteiger partial charge in [-0.25, -0.2) is 24.7 Å². The van der Waals surface area contributed by atoms with E-state index in [1.807, 2.05) is 230 Å². The summed E-state index contributed by atoms with van der Waals surface area (Å²) in [7, 11) is 12.0. The van der Waals surface area contributed by atoms with Crippen molar-refractivity contribution in [3.8, 4) is 0 Å². The van der Waals surface area contributed by atoms with Crippen LogP contribution < -0.4 is 44.8 Å². The lowest BCUT2D eigenvalue weighted by molar-refractivity contribution is 0.0527. The molecule has 3 unspecified atom stereocenters. The first-order chi connectivity index (χ1) is 68.4. The number of likely N-dealkylation sites (N-methyl/N-ethyl adjacent to an activating group) is 3. The van der Waals surface area contributed by atoms with Crippen LogP contribution >= 0.6 is 135 Å². The van der Waals surface area contributed by atoms with Gasteiger partial charge in [0.1, 0.15) is 70.0 Å². The molecule has 0 saturated carbocycles. The van der Waals surface area contributed by atoms with Crippen LogP contribution in [0.25, 0.3) is 44.1 Å². The number of H-pyrrole nitrogens is 5. The number of esters is 1. The van der Waals surface area contributed by atoms with Gasteiger partial charge in [-0.15, -0.1) is 0 Å². The van der Waals surface area contributed by atoms with E-state index in [9.17, 15) is 33.6 Å². The van der Waals surface area contributed by atoms with Crippen LogP contribution in [0, 0.1) is 0 Å². The molecule has 0 bridgehead atoms. The number of aromatic nitrogens is 18. The van der Waals surface area contributed by atoms with Crippen molar-refractivity contribution in [2.75, 3.05) is 93.9 Å². The first kappa shape index (κ1) is 117. The highest BCUT2D eigenvalue weighted by molar-refractivity contribution is 9.93. The van der Waals surface area contributed by atoms with E-state index in [0.717, 1.165) is 94.7 Å². The smallest absolute Gasteiger partial charge is 0.343 e. The second kappa shape index (κ2) is 60.9. The third-order valence-electron chi connectivity index (χ3n) is 21.2. The number of benzene rings is 7. The lowest BCUT2D eigenvalue weighted by Gasteiger charge is -2.33. The van der Waals surface area contributed by atoms with Gasteiger partial charge in [-0.05, 0) is 211 Å². The van der Waals surface area contributed by atoms with E-state index in [-0.39, 0.29) is 50.4 Å². The largest absolute Gasteiger partial charge is 0.462 e. The Morgan fingerprint density at radius 3 is 1.25 bits per heavy atom. The Kier molecular flexibility index (Phi) is 50.1. The van der Waals surface area contributed by atoms with E-state index >= 15 is 0 Å². The van der Waals surface area contributed by atoms with Crippen LogP contribution in [0.2, 0.25) is 0 Å². The molecule has 142 heavy (non-hydrogen) atoms. The first-order valence-electron chi connectivity index (χ1n) is 45.3. The molecular formula is C99H117Br8ClN26O8. The molecular weight excluding hydrogens is 2360 g/mol. The summed E-state index contributed by atoms with van der Waals surface area (Å²) in [6.45, 7) is 17.4. The molecule has 0 fully saturated rings. The summed E-state index contributed by atoms with van der Waals surface area (Å²) in [6, 6.07) is 63.3. The molecule has 9 aromatic heterocycles. The summed E-state index contributed by atoms with van der Waals surface area (Å²) in [5.74, 6) is 2.42. The first-order valence-corrected chi connectivity index (χ1v) is 54.2. The summed E-state index contributed by atoms with van der Waals surface area (Å²) < 4.78 is 15.0. The number of alkyl halides is 1. The lowest BCUT2D eigenvalue weighted by Crippen LogP contribution is -2.42. The maximum atomic E-state index is 13.8. The van der Waals surface area contributed by atoms with Crippen molar-refractivity contribution in [3.05, 3.63) is 345 Å². The number of nitrogens with two attached hydrogens (primary N) is 3. The van der Waals surface area contributed by atoms with E-state index in [1.165, 1.54) is 11.8 Å². The van der Waals surface area contributed by atoms with Crippen molar-refractivity contribution in [3.63, 3.8) is 0 Å². The Labute approximate surface area is 893 Å². The van der Waals surface area contributed by atoms with Gasteiger partial charge >= 0.3 is 5.97 Å². The number of rotatable bonds is 31. The predicted molar refractivity (Wildman–Crippen MR) is 593 cm³/mol. The number of nitrogen functional groups attached to an aromatic ring is 1. The molecule has 0 saturated heterocycles. The lowest BCUT2D eigenvalue weighted by atomic mass is 10.1. The summed E-state index contributed by atoms with van der Waals surface area (Å²) in [6.07, 6.45) is 6.84. The van der Waals surface area contributed by atoms with E-state index in [1.54, 1.807) is 67.8 Å². The monoisotopic (exact) mass is 2460 g/mol. The topological polar surface area (TPSA) is 446 Å². The van der Waals surface area contributed by atoms with Crippen molar-refractivity contribution >= 4 is 203 Å². The summed E-state index contributed by atoms with van der Waals surface area (Å²) in [5, 5.41) is 38.6. The molecule has 12 N–H and O–H groups in total. The van der Waals surface area contributed by atoms with E-state index in [2.05, 4.69) is 218 Å². The zero-order valence-corrected chi connectivity index (χ0v) is 93.9. The molecule has 9 heterocycles. The van der Waals surface area contributed by atoms with Crippen molar-refractivity contribution in [1.29, 1.82) is 0 Å². The van der Waals surface area contributed by atoms with Crippen LogP contribution in [0.3, 0.4) is 0 Å². The number of fused-ring (bicyclic) bond motifs is 4. The Hall–Kier alpha value is -10.6. The van der Waals surface area contributed by atoms with E-state index in [0.29, 0.717) is 140 Å². The van der Waals surface area contributed by atoms with Gasteiger partial charge in [-0.2, -0.15) is 25.5 Å². The molecule has 754 valence electrons. The maximum absolute atomic E-state index is 13.8. The number of anilines is 1. The quantitative estimate of drug-likeness (QED) is 0.0111. The Morgan fingerprint density at radius 2 is 0.873 bits per heavy atom. The number of ether oxygens (including phenoxy) is 1. The molecule has 0 aliphatic heterocycles. The van der Waals surface area contributed by atoms with Crippen molar-refractivity contribution < 1.29 is 19.1 Å². The Balaban J connectivity index is 0.000000209. The SMILES string of the molecule is BrBr.CCC(Br)c1nc2n[nH]c(Br)c2c(=O)n1Cc1ccccc1.CCC(NCCN(C)C)c1nc2n[nH]c(Br)c2c(=O)n1Cc1ccccc1.CCC(c1nc2n[nH]c(Br)c2c(=O)n1Cc1ccccc1)N(CCN(C)C)C(=O)c1ccc(Br)cc1.CCCc1nc2[nH]ncc2c(=O)n1Cc1ccccc1.CCOC(=O)c1cn[nH]c1N.CN(C)CCN.NCc1ccccc1.O=C(Cl)c1ccc(Br)cc1. The molecule has 0 aliphatic carbocycles. The van der Waals surface area contributed by atoms with Gasteiger partial charge in [0.15, 0.2) is 22.6 Å². The molecule has 3 atom stereocenters. The number of nitrogens with one attached hydrogen (secondary N) is 6. The van der Waals surface area contributed by atoms with Crippen molar-refractivity contribution in [2.45, 2.75) is 116 Å². The average Bonchev–Trinajstić information content (AvgIpc) is 1.54. The zero-order valence-electron chi connectivity index (χ0n) is 80.5. The Morgan fingerprint density at radius 1 is 0.465 bits per heavy atom. The number of aromatic amines is 5. The predicted octanol–water partition coefficient (Wildman–Crippen LogP) is 18.6. The fraction of sp³-hybridized carbons (Fsp3) is 0.313. The highest BCUT2D eigenvalue weighted by atomic mass is 80.9. The van der Waals surface area contributed by atoms with Crippen molar-refractivity contribution in [1.82, 2.24) is 114 Å². The Bertz CT molecular complexity index is 6840. The number of nitrogens with zero attached hydrogens (tertiary/aromatic N) is 17. The second-order valence-corrected chi connectivity index (χ2v) is 38.0. The van der Waals surface area contributed by atoms with E-state index < -0.39 is 17.3 Å². The standard InChI is InChI=1S/C26H28Br2N6O2.C19H25BrN6O.C15H14Br2N4O.C15H16N4O.C7H4BrClO.C7H9N.C6H9N3O2.C4H12N2.Br2/c1-4-20(33(15-14-32(2)3)25(35)18-10-12-19(27)13-11-18)24-29-23-21(22(28)30-31-23)26(36)34(24)16-17-8-6-5-7-9-17;1-4-14(21-10-11-25(2)3)18-22-17-15(16(20)23-24-17)19(27)26(18)12-13-8-6-5-7-9-13;1-2-10(16)14-18-13-11(12(17)19-20-13)15(22)21(14)8-9-6-4-3-5-7-9;1-2-6-13-17-14-12(9-16-18-14)15(20)19(13)10-11-7-4-3-5-8-11;8-6-3-1-5(2-4-6)7(9)10;8-6-7-4-2-1-3-5-7;1-2-11-6(10)4-3-8-9-5(4)7;1-6(2)4-3-5;1-2/h5-13,20H,4,14-16H2,1-3H3,(H,30,31);5-9,14,21H,4,10-12H2,1-3H3,(H,23,24);3-7,10H,2,8H2,1H3,(H,19,20);3-5,7-9H,2,6,10H2,1H3,(H,16,18);1-4H;1-5H,6,8H2;3H,2H2,1H3,(H3,7,8,9);3-5H2,1-2H3;. The molecule has 34 nitrogen and oxygen atoms in total. The van der Waals surface area contributed by atoms with Gasteiger partial charge in [0.25, 0.3) is 33.4 Å². The zero-order chi connectivity index (χ0) is 103. The van der Waals surface area contributed by atoms with Gasteiger partial charge < -0.3 is 46.9 Å². The van der Waals surface area contributed by atoms with Crippen molar-refractivity contribution in [2.24, 2.45) is 11.5 Å². The van der Waals surface area contributed by atoms with Crippen LogP contribution in [-0.4, -0.2) is 214 Å². The van der Waals surface area contributed by atoms with Gasteiger partial charge in [0, 0.05) is 101 Å². The molecule has 7 aromatic carbocycles. The minimum atomic E-state index is -0.446. The van der Waals surface area contributed by atoms with Crippen LogP contribution in [0.15, 0.2) is 255 Å². The minimum absolute atomic E-state index is 0.00351. The summed E-state index contributed by atoms with van der Waals surface area (Å²) in [5.41, 5.74) is 24.0. The van der Waals surface area contributed by atoms with Crippen LogP contribution in [0.5, 0.6) is 0 Å². The van der Waals surface area contributed by atoms with Crippen LogP contribution in [0.1, 0.15) is 159 Å². The minimum Gasteiger partial charge on any atom is -0.462 e. The molecule has 16 aromatic rings. The molecule has 0 spiro atoms. The van der Waals surface area contributed by atoms with Crippen LogP contribution in [0.4, 0.5) is 5.82 Å². The van der Waals surface area contributed by atoms with Crippen LogP contribution in [-0.2, 0) is 43.9 Å². The highest BCUT2D eigenvalue weighted by Gasteiger charge is 2.32. The third kappa shape index (κ3) is 34.6. The fourth-order valence-corrected chi connectivity index (χ4v) is 16.3. The number of carbonyl (C=O) groups is 3. The number of halogens is 9. The third-order valence-corrected chi connectivity index (χ3v) is 25.3. The van der Waals surface area contributed by atoms with Gasteiger partial charge in [0.2, 0.25) is 0 Å². The van der Waals surface area contributed by atoms with E-state index in [4.69, 9.17) is 38.8 Å². The number of carbonyl (C=O) groups excluding carboxylic acids is 3. The fourth-order valence-electron chi connectivity index (χ4n) is 14.0. The normalized spacial score (nSPS) is 11.4. The molecule has 16 rings (SSSR count). The molecule has 43 heteroatoms. The summed E-state index contributed by atoms with van der Waals surface area (Å²) >= 11 is 31.1. The maximum Gasteiger partial charge on any atom is 0.343 e. The molecule has 0 aliphatic rings. The van der Waals surface area contributed by atoms with Gasteiger partial charge in [0.05, 0.1) is 62.1 Å². The number of hydrogen-bond donors (Lipinski definition) is 9. The van der Waals surface area contributed by atoms with Gasteiger partial charge in [-0.1, -0.05) is 227 Å². The number of aryl methyl sites for hydroxylation is 1. The van der Waals surface area contributed by atoms with Gasteiger partial charge in [-0.3, -0.25) is 72.5 Å². The molecule has 0 radical (unpaired) electrons. The highest BCUT2D eigenvalue weighted by Crippen LogP contribution is 2.31.